The molecular formula is C34H44N2O11. The van der Waals surface area contributed by atoms with Gasteiger partial charge in [0.15, 0.2) is 0 Å². The van der Waals surface area contributed by atoms with Crippen molar-refractivity contribution in [2.24, 2.45) is 0 Å². The van der Waals surface area contributed by atoms with Crippen molar-refractivity contribution in [2.45, 2.75) is 64.5 Å². The predicted octanol–water partition coefficient (Wildman–Crippen LogP) is 3.08. The first-order valence-corrected chi connectivity index (χ1v) is 15.4. The zero-order valence-corrected chi connectivity index (χ0v) is 27.2. The Morgan fingerprint density at radius 3 is 1.47 bits per heavy atom. The molecule has 0 saturated heterocycles. The summed E-state index contributed by atoms with van der Waals surface area (Å²) in [5, 5.41) is 13.9. The molecule has 2 aromatic carbocycles. The number of carbonyl (C=O) groups is 6. The second-order valence-corrected chi connectivity index (χ2v) is 11.2. The third-order valence-electron chi connectivity index (χ3n) is 6.79. The number of carbonyl (C=O) groups excluding carboxylic acids is 5. The van der Waals surface area contributed by atoms with Crippen LogP contribution in [0.25, 0.3) is 0 Å². The molecule has 0 fully saturated rings. The van der Waals surface area contributed by atoms with E-state index in [1.54, 1.807) is 24.3 Å². The molecule has 0 spiro atoms. The smallest absolute Gasteiger partial charge is 0.305 e. The molecule has 2 rings (SSSR count). The Labute approximate surface area is 274 Å². The highest BCUT2D eigenvalue weighted by atomic mass is 16.6. The molecule has 2 amide bonds. The number of rotatable bonds is 23. The van der Waals surface area contributed by atoms with Gasteiger partial charge >= 0.3 is 5.97 Å². The summed E-state index contributed by atoms with van der Waals surface area (Å²) in [7, 11) is 0. The molecule has 0 bridgehead atoms. The van der Waals surface area contributed by atoms with Crippen LogP contribution in [0.15, 0.2) is 36.4 Å². The first kappa shape index (κ1) is 38.6. The molecule has 0 radical (unpaired) electrons. The first-order chi connectivity index (χ1) is 22.5. The average Bonchev–Trinajstić information content (AvgIpc) is 3.04. The van der Waals surface area contributed by atoms with E-state index in [-0.39, 0.29) is 50.2 Å². The van der Waals surface area contributed by atoms with E-state index >= 15 is 0 Å². The van der Waals surface area contributed by atoms with Gasteiger partial charge in [0, 0.05) is 17.5 Å². The van der Waals surface area contributed by atoms with Gasteiger partial charge in [0.05, 0.1) is 44.9 Å². The highest BCUT2D eigenvalue weighted by Crippen LogP contribution is 2.25. The number of aldehydes is 3. The maximum atomic E-state index is 12.7. The van der Waals surface area contributed by atoms with Gasteiger partial charge in [-0.25, -0.2) is 0 Å². The summed E-state index contributed by atoms with van der Waals surface area (Å²) in [6, 6.07) is 8.09. The number of benzene rings is 2. The summed E-state index contributed by atoms with van der Waals surface area (Å²) in [5.74, 6) is -1.15. The van der Waals surface area contributed by atoms with Crippen LogP contribution in [0.3, 0.4) is 0 Å². The van der Waals surface area contributed by atoms with Crippen LogP contribution in [0, 0.1) is 0 Å². The SMILES string of the molecule is CC(C)c1cc(OCCOCCOCCOc2cc(C(=O)NC(C=O)CC(=O)O)cc(C(C)C)c2)cc(C(=O)NC(C=O)CC=O)c1. The number of ether oxygens (including phenoxy) is 4. The molecule has 0 aliphatic carbocycles. The molecule has 0 aliphatic rings. The van der Waals surface area contributed by atoms with Crippen LogP contribution < -0.4 is 20.1 Å². The van der Waals surface area contributed by atoms with E-state index in [1.165, 1.54) is 6.07 Å². The lowest BCUT2D eigenvalue weighted by molar-refractivity contribution is -0.138. The number of nitrogens with one attached hydrogen (secondary N) is 2. The normalized spacial score (nSPS) is 12.2. The van der Waals surface area contributed by atoms with Crippen molar-refractivity contribution in [3.05, 3.63) is 58.7 Å². The number of aliphatic carboxylic acids is 1. The van der Waals surface area contributed by atoms with Gasteiger partial charge in [-0.15, -0.1) is 0 Å². The molecular weight excluding hydrogens is 612 g/mol. The summed E-state index contributed by atoms with van der Waals surface area (Å²) in [6.45, 7) is 9.41. The summed E-state index contributed by atoms with van der Waals surface area (Å²) >= 11 is 0. The maximum absolute atomic E-state index is 12.7. The Hall–Kier alpha value is -4.62. The van der Waals surface area contributed by atoms with Gasteiger partial charge in [-0.2, -0.15) is 0 Å². The monoisotopic (exact) mass is 656 g/mol. The average molecular weight is 657 g/mol. The van der Waals surface area contributed by atoms with E-state index in [0.29, 0.717) is 49.1 Å². The maximum Gasteiger partial charge on any atom is 0.305 e. The quantitative estimate of drug-likeness (QED) is 0.118. The van der Waals surface area contributed by atoms with Crippen LogP contribution in [0.2, 0.25) is 0 Å². The van der Waals surface area contributed by atoms with Gasteiger partial charge in [-0.3, -0.25) is 14.4 Å². The summed E-state index contributed by atoms with van der Waals surface area (Å²) in [5.41, 5.74) is 2.27. The van der Waals surface area contributed by atoms with Gasteiger partial charge in [-0.05, 0) is 59.4 Å². The first-order valence-electron chi connectivity index (χ1n) is 15.4. The lowest BCUT2D eigenvalue weighted by atomic mass is 10.00. The fourth-order valence-corrected chi connectivity index (χ4v) is 4.18. The Kier molecular flexibility index (Phi) is 16.8. The second kappa shape index (κ2) is 20.5. The van der Waals surface area contributed by atoms with Crippen molar-refractivity contribution in [1.82, 2.24) is 10.6 Å². The van der Waals surface area contributed by atoms with Crippen molar-refractivity contribution in [2.75, 3.05) is 39.6 Å². The van der Waals surface area contributed by atoms with Crippen LogP contribution in [0.4, 0.5) is 0 Å². The number of hydrogen-bond acceptors (Lipinski definition) is 10. The molecule has 0 saturated carbocycles. The van der Waals surface area contributed by atoms with E-state index in [1.807, 2.05) is 33.8 Å². The third kappa shape index (κ3) is 14.1. The van der Waals surface area contributed by atoms with E-state index in [2.05, 4.69) is 10.6 Å². The topological polar surface area (TPSA) is 184 Å². The summed E-state index contributed by atoms with van der Waals surface area (Å²) < 4.78 is 22.7. The van der Waals surface area contributed by atoms with Crippen LogP contribution in [0.1, 0.15) is 84.2 Å². The standard InChI is InChI=1S/C34H44N2O11/c1-22(2)24-13-26(33(42)35-28(20-38)5-6-37)17-30(15-24)46-11-9-44-7-8-45-10-12-47-31-16-25(23(3)4)14-27(18-31)34(43)36-29(21-39)19-32(40)41/h6,13-18,20-23,28-29H,5,7-12,19H2,1-4H3,(H,35,42)(H,36,43)(H,40,41). The van der Waals surface area contributed by atoms with Crippen LogP contribution in [-0.2, 0) is 28.7 Å². The lowest BCUT2D eigenvalue weighted by Crippen LogP contribution is -2.37. The highest BCUT2D eigenvalue weighted by molar-refractivity contribution is 5.97. The summed E-state index contributed by atoms with van der Waals surface area (Å²) in [6.07, 6.45) is 0.868. The van der Waals surface area contributed by atoms with Crippen LogP contribution in [-0.4, -0.2) is 93.5 Å². The largest absolute Gasteiger partial charge is 0.491 e. The predicted molar refractivity (Wildman–Crippen MR) is 171 cm³/mol. The lowest BCUT2D eigenvalue weighted by Gasteiger charge is -2.15. The number of amides is 2. The third-order valence-corrected chi connectivity index (χ3v) is 6.79. The van der Waals surface area contributed by atoms with Crippen molar-refractivity contribution in [3.8, 4) is 11.5 Å². The molecule has 3 N–H and O–H groups in total. The van der Waals surface area contributed by atoms with E-state index in [9.17, 15) is 28.8 Å². The molecule has 2 aromatic rings. The zero-order valence-electron chi connectivity index (χ0n) is 27.2. The molecule has 2 atom stereocenters. The number of carboxylic acids is 1. The summed E-state index contributed by atoms with van der Waals surface area (Å²) in [4.78, 5) is 69.3. The Morgan fingerprint density at radius 2 is 1.09 bits per heavy atom. The van der Waals surface area contributed by atoms with Gasteiger partial charge in [0.25, 0.3) is 11.8 Å². The number of carboxylic acid groups (broad SMARTS) is 1. The minimum Gasteiger partial charge on any atom is -0.491 e. The van der Waals surface area contributed by atoms with E-state index < -0.39 is 36.3 Å². The second-order valence-electron chi connectivity index (χ2n) is 11.2. The minimum atomic E-state index is -1.20. The van der Waals surface area contributed by atoms with E-state index in [4.69, 9.17) is 24.1 Å². The molecule has 256 valence electrons. The van der Waals surface area contributed by atoms with Gasteiger partial charge < -0.3 is 49.1 Å². The molecule has 0 heterocycles. The Morgan fingerprint density at radius 1 is 0.660 bits per heavy atom. The molecule has 2 unspecified atom stereocenters. The van der Waals surface area contributed by atoms with Crippen LogP contribution in [0.5, 0.6) is 11.5 Å². The zero-order chi connectivity index (χ0) is 34.8. The van der Waals surface area contributed by atoms with Crippen LogP contribution >= 0.6 is 0 Å². The highest BCUT2D eigenvalue weighted by Gasteiger charge is 2.18. The van der Waals surface area contributed by atoms with Crippen molar-refractivity contribution in [1.29, 1.82) is 0 Å². The fraction of sp³-hybridized carbons (Fsp3) is 0.471. The number of hydrogen-bond donors (Lipinski definition) is 3. The van der Waals surface area contributed by atoms with Gasteiger partial charge in [0.2, 0.25) is 0 Å². The minimum absolute atomic E-state index is 0.0828. The van der Waals surface area contributed by atoms with Gasteiger partial charge in [0.1, 0.15) is 43.6 Å². The van der Waals surface area contributed by atoms with Crippen molar-refractivity contribution >= 4 is 36.6 Å². The molecule has 0 aromatic heterocycles. The van der Waals surface area contributed by atoms with E-state index in [0.717, 1.165) is 11.1 Å². The molecule has 47 heavy (non-hydrogen) atoms. The fourth-order valence-electron chi connectivity index (χ4n) is 4.18. The van der Waals surface area contributed by atoms with Gasteiger partial charge in [-0.1, -0.05) is 27.7 Å². The Bertz CT molecular complexity index is 1360. The van der Waals surface area contributed by atoms with Crippen molar-refractivity contribution in [3.63, 3.8) is 0 Å². The molecule has 0 aliphatic heterocycles. The van der Waals surface area contributed by atoms with Crippen molar-refractivity contribution < 1.29 is 52.8 Å². The molecule has 13 nitrogen and oxygen atoms in total. The Balaban J connectivity index is 1.77. The molecule has 13 heteroatoms.